The van der Waals surface area contributed by atoms with Crippen LogP contribution in [0.2, 0.25) is 0 Å². The summed E-state index contributed by atoms with van der Waals surface area (Å²) in [5.41, 5.74) is 9.28. The molecule has 0 atom stereocenters. The molecule has 3 rings (SSSR count). The van der Waals surface area contributed by atoms with Crippen molar-refractivity contribution in [2.24, 2.45) is 0 Å². The van der Waals surface area contributed by atoms with Crippen molar-refractivity contribution in [3.05, 3.63) is 35.2 Å². The number of rotatable bonds is 2. The minimum Gasteiger partial charge on any atom is -0.399 e. The lowest BCUT2D eigenvalue weighted by Crippen LogP contribution is -2.14. The van der Waals surface area contributed by atoms with E-state index in [1.165, 1.54) is 22.7 Å². The lowest BCUT2D eigenvalue weighted by Gasteiger charge is -2.12. The number of hydrogen-bond donors (Lipinski definition) is 1. The Kier molecular flexibility index (Phi) is 2.70. The van der Waals surface area contributed by atoms with Crippen LogP contribution in [0.4, 0.5) is 10.8 Å². The van der Waals surface area contributed by atoms with Gasteiger partial charge in [0.2, 0.25) is 5.13 Å². The van der Waals surface area contributed by atoms with E-state index in [2.05, 4.69) is 40.2 Å². The van der Waals surface area contributed by atoms with Gasteiger partial charge in [-0.25, -0.2) is 4.98 Å². The number of nitrogen functional groups attached to an aromatic ring is 1. The lowest BCUT2D eigenvalue weighted by atomic mass is 10.1. The van der Waals surface area contributed by atoms with Crippen molar-refractivity contribution in [3.63, 3.8) is 0 Å². The number of nitrogens with zero attached hydrogens (tertiary/aromatic N) is 3. The largest absolute Gasteiger partial charge is 0.399 e. The van der Waals surface area contributed by atoms with Crippen LogP contribution in [0, 0.1) is 0 Å². The zero-order valence-electron chi connectivity index (χ0n) is 10.6. The Morgan fingerprint density at radius 3 is 2.78 bits per heavy atom. The average molecular weight is 260 g/mol. The number of nitrogens with two attached hydrogens (primary N) is 1. The second kappa shape index (κ2) is 4.24. The molecule has 18 heavy (non-hydrogen) atoms. The first-order valence-electron chi connectivity index (χ1n) is 6.09. The third-order valence-corrected chi connectivity index (χ3v) is 3.96. The van der Waals surface area contributed by atoms with Crippen LogP contribution in [0.1, 0.15) is 36.7 Å². The van der Waals surface area contributed by atoms with Gasteiger partial charge in [0.1, 0.15) is 5.82 Å². The minimum atomic E-state index is 0.385. The molecule has 0 saturated carbocycles. The molecule has 0 radical (unpaired) electrons. The van der Waals surface area contributed by atoms with Gasteiger partial charge in [0, 0.05) is 36.2 Å². The Labute approximate surface area is 111 Å². The van der Waals surface area contributed by atoms with Gasteiger partial charge < -0.3 is 10.6 Å². The zero-order chi connectivity index (χ0) is 12.7. The van der Waals surface area contributed by atoms with E-state index in [1.807, 2.05) is 6.07 Å². The molecule has 5 heteroatoms. The molecule has 1 aliphatic rings. The molecule has 2 N–H and O–H groups in total. The van der Waals surface area contributed by atoms with E-state index in [0.29, 0.717) is 5.92 Å². The Morgan fingerprint density at radius 2 is 2.06 bits per heavy atom. The topological polar surface area (TPSA) is 55.0 Å². The molecule has 0 aliphatic carbocycles. The predicted molar refractivity (Wildman–Crippen MR) is 74.7 cm³/mol. The molecular formula is C13H16N4S. The number of hydrogen-bond acceptors (Lipinski definition) is 5. The molecule has 4 nitrogen and oxygen atoms in total. The average Bonchev–Trinajstić information content (AvgIpc) is 2.93. The van der Waals surface area contributed by atoms with Gasteiger partial charge in [0.05, 0.1) is 0 Å². The third-order valence-electron chi connectivity index (χ3n) is 3.17. The normalized spacial score (nSPS) is 14.3. The molecule has 0 spiro atoms. The van der Waals surface area contributed by atoms with Crippen molar-refractivity contribution in [2.45, 2.75) is 32.9 Å². The first kappa shape index (κ1) is 11.5. The maximum absolute atomic E-state index is 5.81. The SMILES string of the molecule is CC(C)c1nsc(N2Cc3ccc(N)cc3C2)n1. The fourth-order valence-electron chi connectivity index (χ4n) is 2.14. The number of benzene rings is 1. The van der Waals surface area contributed by atoms with E-state index < -0.39 is 0 Å². The molecule has 1 aliphatic heterocycles. The van der Waals surface area contributed by atoms with Gasteiger partial charge in [-0.15, -0.1) is 0 Å². The van der Waals surface area contributed by atoms with Crippen molar-refractivity contribution in [1.29, 1.82) is 0 Å². The standard InChI is InChI=1S/C13H16N4S/c1-8(2)12-15-13(18-16-12)17-6-9-3-4-11(14)5-10(9)7-17/h3-5,8H,6-7,14H2,1-2H3. The number of aromatic nitrogens is 2. The zero-order valence-corrected chi connectivity index (χ0v) is 11.4. The van der Waals surface area contributed by atoms with E-state index in [4.69, 9.17) is 5.73 Å². The highest BCUT2D eigenvalue weighted by molar-refractivity contribution is 7.09. The van der Waals surface area contributed by atoms with E-state index in [-0.39, 0.29) is 0 Å². The summed E-state index contributed by atoms with van der Waals surface area (Å²) < 4.78 is 4.40. The Balaban J connectivity index is 1.84. The Hall–Kier alpha value is -1.62. The first-order valence-corrected chi connectivity index (χ1v) is 6.86. The van der Waals surface area contributed by atoms with Gasteiger partial charge in [0.15, 0.2) is 0 Å². The predicted octanol–water partition coefficient (Wildman–Crippen LogP) is 2.76. The summed E-state index contributed by atoms with van der Waals surface area (Å²) >= 11 is 1.48. The molecule has 1 aromatic carbocycles. The minimum absolute atomic E-state index is 0.385. The molecular weight excluding hydrogens is 244 g/mol. The Morgan fingerprint density at radius 1 is 1.28 bits per heavy atom. The molecule has 2 heterocycles. The van der Waals surface area contributed by atoms with Gasteiger partial charge >= 0.3 is 0 Å². The highest BCUT2D eigenvalue weighted by Gasteiger charge is 2.22. The van der Waals surface area contributed by atoms with Crippen LogP contribution in [0.15, 0.2) is 18.2 Å². The smallest absolute Gasteiger partial charge is 0.205 e. The highest BCUT2D eigenvalue weighted by Crippen LogP contribution is 2.31. The molecule has 0 saturated heterocycles. The molecule has 1 aromatic heterocycles. The summed E-state index contributed by atoms with van der Waals surface area (Å²) in [4.78, 5) is 6.86. The van der Waals surface area contributed by atoms with Crippen LogP contribution in [0.25, 0.3) is 0 Å². The second-order valence-corrected chi connectivity index (χ2v) is 5.70. The van der Waals surface area contributed by atoms with Crippen molar-refractivity contribution in [1.82, 2.24) is 9.36 Å². The van der Waals surface area contributed by atoms with Crippen molar-refractivity contribution >= 4 is 22.4 Å². The van der Waals surface area contributed by atoms with E-state index in [1.54, 1.807) is 0 Å². The molecule has 0 bridgehead atoms. The van der Waals surface area contributed by atoms with Crippen molar-refractivity contribution in [3.8, 4) is 0 Å². The quantitative estimate of drug-likeness (QED) is 0.844. The second-order valence-electron chi connectivity index (χ2n) is 4.97. The van der Waals surface area contributed by atoms with Gasteiger partial charge in [-0.3, -0.25) is 0 Å². The third kappa shape index (κ3) is 1.95. The molecule has 2 aromatic rings. The summed E-state index contributed by atoms with van der Waals surface area (Å²) in [7, 11) is 0. The van der Waals surface area contributed by atoms with Crippen LogP contribution in [-0.2, 0) is 13.1 Å². The van der Waals surface area contributed by atoms with Crippen LogP contribution in [0.3, 0.4) is 0 Å². The van der Waals surface area contributed by atoms with E-state index in [9.17, 15) is 0 Å². The van der Waals surface area contributed by atoms with Crippen molar-refractivity contribution in [2.75, 3.05) is 10.6 Å². The van der Waals surface area contributed by atoms with E-state index >= 15 is 0 Å². The fourth-order valence-corrected chi connectivity index (χ4v) is 2.94. The van der Waals surface area contributed by atoms with Gasteiger partial charge in [-0.1, -0.05) is 19.9 Å². The van der Waals surface area contributed by atoms with Crippen molar-refractivity contribution < 1.29 is 0 Å². The molecule has 0 unspecified atom stereocenters. The van der Waals surface area contributed by atoms with Crippen LogP contribution in [-0.4, -0.2) is 9.36 Å². The maximum Gasteiger partial charge on any atom is 0.205 e. The van der Waals surface area contributed by atoms with Crippen LogP contribution >= 0.6 is 11.5 Å². The van der Waals surface area contributed by atoms with Gasteiger partial charge in [-0.05, 0) is 23.3 Å². The summed E-state index contributed by atoms with van der Waals surface area (Å²) in [6, 6.07) is 6.12. The Bertz CT molecular complexity index is 576. The molecule has 94 valence electrons. The molecule has 0 fully saturated rings. The summed E-state index contributed by atoms with van der Waals surface area (Å²) in [5, 5.41) is 1.01. The fraction of sp³-hybridized carbons (Fsp3) is 0.385. The summed E-state index contributed by atoms with van der Waals surface area (Å²) in [6.07, 6.45) is 0. The summed E-state index contributed by atoms with van der Waals surface area (Å²) in [5.74, 6) is 1.32. The van der Waals surface area contributed by atoms with E-state index in [0.717, 1.165) is 29.7 Å². The molecule has 0 amide bonds. The number of anilines is 2. The van der Waals surface area contributed by atoms with Crippen LogP contribution < -0.4 is 10.6 Å². The lowest BCUT2D eigenvalue weighted by molar-refractivity contribution is 0.787. The number of fused-ring (bicyclic) bond motifs is 1. The monoisotopic (exact) mass is 260 g/mol. The first-order chi connectivity index (χ1) is 8.63. The van der Waals surface area contributed by atoms with Gasteiger partial charge in [0.25, 0.3) is 0 Å². The van der Waals surface area contributed by atoms with Crippen LogP contribution in [0.5, 0.6) is 0 Å². The maximum atomic E-state index is 5.81. The van der Waals surface area contributed by atoms with Gasteiger partial charge in [-0.2, -0.15) is 4.37 Å². The summed E-state index contributed by atoms with van der Waals surface area (Å²) in [6.45, 7) is 6.02. The highest BCUT2D eigenvalue weighted by atomic mass is 32.1.